The first kappa shape index (κ1) is 20.9. The molecule has 0 amide bonds. The van der Waals surface area contributed by atoms with Crippen molar-refractivity contribution in [3.05, 3.63) is 12.2 Å². The van der Waals surface area contributed by atoms with Gasteiger partial charge in [-0.3, -0.25) is 11.3 Å². The summed E-state index contributed by atoms with van der Waals surface area (Å²) in [5, 5.41) is 0. The Morgan fingerprint density at radius 3 is 2.46 bits per heavy atom. The van der Waals surface area contributed by atoms with Gasteiger partial charge in [0.2, 0.25) is 0 Å². The zero-order valence-electron chi connectivity index (χ0n) is 19.1. The SMILES string of the molecule is C=C(C)CCC(C)C1CCC2C3CCC4CC(NN)CCC4(C)C3CCC12C. The Hall–Kier alpha value is -0.340. The Morgan fingerprint density at radius 2 is 1.75 bits per heavy atom. The smallest absolute Gasteiger partial charge is 0.0213 e. The van der Waals surface area contributed by atoms with Crippen LogP contribution in [0.4, 0.5) is 0 Å². The maximum absolute atomic E-state index is 5.82. The summed E-state index contributed by atoms with van der Waals surface area (Å²) in [6, 6.07) is 0.563. The largest absolute Gasteiger partial charge is 0.271 e. The number of hydrazine groups is 1. The van der Waals surface area contributed by atoms with E-state index in [0.29, 0.717) is 16.9 Å². The molecule has 160 valence electrons. The van der Waals surface area contributed by atoms with Gasteiger partial charge in [-0.2, -0.15) is 0 Å². The third kappa shape index (κ3) is 3.31. The quantitative estimate of drug-likeness (QED) is 0.323. The molecule has 0 radical (unpaired) electrons. The second-order valence-electron chi connectivity index (χ2n) is 12.0. The molecule has 2 nitrogen and oxygen atoms in total. The standard InChI is InChI=1S/C26H46N2/c1-17(2)6-7-18(3)22-10-11-23-21-9-8-19-16-20(28-27)12-14-25(19,4)24(21)13-15-26(22,23)5/h18-24,28H,1,6-16,27H2,2-5H3. The molecule has 0 bridgehead atoms. The van der Waals surface area contributed by atoms with Crippen LogP contribution in [0.1, 0.15) is 98.3 Å². The van der Waals surface area contributed by atoms with E-state index in [2.05, 4.69) is 39.7 Å². The lowest BCUT2D eigenvalue weighted by Crippen LogP contribution is -2.55. The summed E-state index contributed by atoms with van der Waals surface area (Å²) in [6.07, 6.45) is 15.5. The van der Waals surface area contributed by atoms with Crippen molar-refractivity contribution in [2.45, 2.75) is 104 Å². The minimum Gasteiger partial charge on any atom is -0.271 e. The van der Waals surface area contributed by atoms with Crippen LogP contribution >= 0.6 is 0 Å². The summed E-state index contributed by atoms with van der Waals surface area (Å²) in [5.74, 6) is 11.5. The van der Waals surface area contributed by atoms with Crippen LogP contribution in [-0.4, -0.2) is 6.04 Å². The van der Waals surface area contributed by atoms with Crippen molar-refractivity contribution in [1.82, 2.24) is 5.43 Å². The van der Waals surface area contributed by atoms with Gasteiger partial charge in [0.25, 0.3) is 0 Å². The van der Waals surface area contributed by atoms with Crippen LogP contribution in [-0.2, 0) is 0 Å². The lowest BCUT2D eigenvalue weighted by atomic mass is 9.44. The molecule has 4 saturated carbocycles. The molecule has 0 aromatic heterocycles. The molecule has 9 atom stereocenters. The van der Waals surface area contributed by atoms with Gasteiger partial charge in [-0.25, -0.2) is 0 Å². The van der Waals surface area contributed by atoms with Crippen LogP contribution in [0, 0.1) is 46.3 Å². The molecule has 0 aliphatic heterocycles. The number of hydrogen-bond donors (Lipinski definition) is 2. The van der Waals surface area contributed by atoms with Gasteiger partial charge in [0, 0.05) is 6.04 Å². The summed E-state index contributed by atoms with van der Waals surface area (Å²) in [5.41, 5.74) is 5.66. The Balaban J connectivity index is 1.50. The molecule has 0 aromatic carbocycles. The van der Waals surface area contributed by atoms with Gasteiger partial charge in [0.15, 0.2) is 0 Å². The molecule has 0 saturated heterocycles. The van der Waals surface area contributed by atoms with E-state index in [1.54, 1.807) is 0 Å². The highest BCUT2D eigenvalue weighted by Gasteiger charge is 2.60. The second-order valence-corrected chi connectivity index (χ2v) is 12.0. The number of nitrogens with one attached hydrogen (secondary N) is 1. The minimum atomic E-state index is 0.563. The summed E-state index contributed by atoms with van der Waals surface area (Å²) >= 11 is 0. The zero-order chi connectivity index (χ0) is 20.1. The van der Waals surface area contributed by atoms with E-state index < -0.39 is 0 Å². The van der Waals surface area contributed by atoms with E-state index in [-0.39, 0.29) is 0 Å². The lowest BCUT2D eigenvalue weighted by Gasteiger charge is -2.61. The minimum absolute atomic E-state index is 0.563. The number of hydrogen-bond acceptors (Lipinski definition) is 2. The fourth-order valence-corrected chi connectivity index (χ4v) is 9.06. The van der Waals surface area contributed by atoms with Crippen LogP contribution in [0.15, 0.2) is 12.2 Å². The van der Waals surface area contributed by atoms with Crippen LogP contribution in [0.5, 0.6) is 0 Å². The molecule has 4 rings (SSSR count). The zero-order valence-corrected chi connectivity index (χ0v) is 19.1. The molecule has 4 aliphatic carbocycles. The van der Waals surface area contributed by atoms with Crippen molar-refractivity contribution in [2.24, 2.45) is 52.2 Å². The first-order chi connectivity index (χ1) is 13.3. The molecular weight excluding hydrogens is 340 g/mol. The first-order valence-electron chi connectivity index (χ1n) is 12.4. The average Bonchev–Trinajstić information content (AvgIpc) is 3.02. The summed E-state index contributed by atoms with van der Waals surface area (Å²) in [4.78, 5) is 0. The number of nitrogens with two attached hydrogens (primary N) is 1. The molecule has 0 heterocycles. The van der Waals surface area contributed by atoms with Crippen molar-refractivity contribution in [1.29, 1.82) is 0 Å². The topological polar surface area (TPSA) is 38.0 Å². The van der Waals surface area contributed by atoms with E-state index in [4.69, 9.17) is 5.84 Å². The van der Waals surface area contributed by atoms with Gasteiger partial charge >= 0.3 is 0 Å². The Labute approximate surface area is 174 Å². The number of fused-ring (bicyclic) bond motifs is 5. The predicted octanol–water partition coefficient (Wildman–Crippen LogP) is 6.47. The molecule has 28 heavy (non-hydrogen) atoms. The number of allylic oxidation sites excluding steroid dienone is 1. The van der Waals surface area contributed by atoms with Crippen molar-refractivity contribution in [2.75, 3.05) is 0 Å². The summed E-state index contributed by atoms with van der Waals surface area (Å²) in [7, 11) is 0. The fourth-order valence-electron chi connectivity index (χ4n) is 9.06. The third-order valence-corrected chi connectivity index (χ3v) is 10.7. The summed E-state index contributed by atoms with van der Waals surface area (Å²) in [6.45, 7) is 14.3. The van der Waals surface area contributed by atoms with Crippen LogP contribution in [0.25, 0.3) is 0 Å². The average molecular weight is 387 g/mol. The van der Waals surface area contributed by atoms with Gasteiger partial charge in [-0.05, 0) is 124 Å². The van der Waals surface area contributed by atoms with Crippen molar-refractivity contribution >= 4 is 0 Å². The lowest BCUT2D eigenvalue weighted by molar-refractivity contribution is -0.117. The molecule has 2 heteroatoms. The van der Waals surface area contributed by atoms with Gasteiger partial charge in [0.1, 0.15) is 0 Å². The maximum atomic E-state index is 5.82. The molecule has 3 N–H and O–H groups in total. The Kier molecular flexibility index (Phi) is 5.77. The van der Waals surface area contributed by atoms with Gasteiger partial charge < -0.3 is 0 Å². The number of rotatable bonds is 5. The maximum Gasteiger partial charge on any atom is 0.0213 e. The van der Waals surface area contributed by atoms with Crippen LogP contribution in [0.3, 0.4) is 0 Å². The van der Waals surface area contributed by atoms with E-state index in [0.717, 1.165) is 35.5 Å². The second kappa shape index (κ2) is 7.73. The molecular formula is C26H46N2. The van der Waals surface area contributed by atoms with E-state index in [9.17, 15) is 0 Å². The first-order valence-corrected chi connectivity index (χ1v) is 12.4. The molecule has 0 aromatic rings. The van der Waals surface area contributed by atoms with Crippen molar-refractivity contribution in [3.8, 4) is 0 Å². The van der Waals surface area contributed by atoms with Crippen LogP contribution in [0.2, 0.25) is 0 Å². The van der Waals surface area contributed by atoms with Crippen molar-refractivity contribution < 1.29 is 0 Å². The van der Waals surface area contributed by atoms with E-state index in [1.807, 2.05) is 0 Å². The van der Waals surface area contributed by atoms with Gasteiger partial charge in [-0.1, -0.05) is 26.3 Å². The van der Waals surface area contributed by atoms with Gasteiger partial charge in [-0.15, -0.1) is 6.58 Å². The third-order valence-electron chi connectivity index (χ3n) is 10.7. The Morgan fingerprint density at radius 1 is 1.04 bits per heavy atom. The fraction of sp³-hybridized carbons (Fsp3) is 0.923. The molecule has 0 spiro atoms. The molecule has 4 fully saturated rings. The van der Waals surface area contributed by atoms with E-state index >= 15 is 0 Å². The monoisotopic (exact) mass is 386 g/mol. The van der Waals surface area contributed by atoms with Gasteiger partial charge in [0.05, 0.1) is 0 Å². The van der Waals surface area contributed by atoms with Crippen LogP contribution < -0.4 is 11.3 Å². The molecule has 4 aliphatic rings. The molecule has 9 unspecified atom stereocenters. The highest BCUT2D eigenvalue weighted by atomic mass is 15.2. The highest BCUT2D eigenvalue weighted by Crippen LogP contribution is 2.68. The summed E-state index contributed by atoms with van der Waals surface area (Å²) < 4.78 is 0. The normalized spacial score (nSPS) is 49.0. The predicted molar refractivity (Wildman–Crippen MR) is 120 cm³/mol. The Bertz CT molecular complexity index is 585. The highest BCUT2D eigenvalue weighted by molar-refractivity contribution is 5.10. The van der Waals surface area contributed by atoms with Crippen molar-refractivity contribution in [3.63, 3.8) is 0 Å². The van der Waals surface area contributed by atoms with E-state index in [1.165, 1.54) is 76.2 Å².